The SMILES string of the molecule is CCCCCCCCCCCCCCCC[NH+]1C=CC(=CC=C2C=CC=CC2=O)C=C1. The van der Waals surface area contributed by atoms with Crippen molar-refractivity contribution in [3.63, 3.8) is 0 Å². The molecule has 170 valence electrons. The Balaban J connectivity index is 1.44. The van der Waals surface area contributed by atoms with Crippen LogP contribution in [-0.4, -0.2) is 12.3 Å². The minimum absolute atomic E-state index is 0.0770. The zero-order valence-corrected chi connectivity index (χ0v) is 19.8. The zero-order chi connectivity index (χ0) is 22.0. The van der Waals surface area contributed by atoms with E-state index in [4.69, 9.17) is 0 Å². The molecule has 1 aliphatic carbocycles. The van der Waals surface area contributed by atoms with Crippen LogP contribution in [0.4, 0.5) is 0 Å². The first-order chi connectivity index (χ1) is 15.3. The van der Waals surface area contributed by atoms with Crippen LogP contribution in [0, 0.1) is 0 Å². The van der Waals surface area contributed by atoms with Gasteiger partial charge in [-0.1, -0.05) is 114 Å². The van der Waals surface area contributed by atoms with Crippen molar-refractivity contribution in [2.75, 3.05) is 6.54 Å². The lowest BCUT2D eigenvalue weighted by molar-refractivity contribution is -0.791. The third-order valence-corrected chi connectivity index (χ3v) is 6.17. The summed E-state index contributed by atoms with van der Waals surface area (Å²) in [5, 5.41) is 0. The van der Waals surface area contributed by atoms with E-state index in [1.54, 1.807) is 12.2 Å². The molecule has 0 atom stereocenters. The summed E-state index contributed by atoms with van der Waals surface area (Å²) in [6, 6.07) is 0. The monoisotopic (exact) mass is 422 g/mol. The zero-order valence-electron chi connectivity index (χ0n) is 19.8. The summed E-state index contributed by atoms with van der Waals surface area (Å²) in [6.45, 7) is 3.46. The molecule has 0 saturated carbocycles. The minimum Gasteiger partial charge on any atom is -0.289 e. The maximum Gasteiger partial charge on any atom is 0.185 e. The van der Waals surface area contributed by atoms with Crippen LogP contribution >= 0.6 is 0 Å². The lowest BCUT2D eigenvalue weighted by atomic mass is 10.0. The molecule has 2 aliphatic rings. The van der Waals surface area contributed by atoms with Crippen LogP contribution in [0.25, 0.3) is 0 Å². The topological polar surface area (TPSA) is 21.5 Å². The Morgan fingerprint density at radius 1 is 0.645 bits per heavy atom. The highest BCUT2D eigenvalue weighted by Crippen LogP contribution is 2.13. The van der Waals surface area contributed by atoms with E-state index in [1.807, 2.05) is 24.3 Å². The quantitative estimate of drug-likeness (QED) is 0.211. The fourth-order valence-corrected chi connectivity index (χ4v) is 4.12. The molecule has 0 bridgehead atoms. The van der Waals surface area contributed by atoms with Gasteiger partial charge in [0.15, 0.2) is 5.78 Å². The van der Waals surface area contributed by atoms with Crippen molar-refractivity contribution in [1.29, 1.82) is 0 Å². The second-order valence-electron chi connectivity index (χ2n) is 8.96. The van der Waals surface area contributed by atoms with Gasteiger partial charge < -0.3 is 0 Å². The first-order valence-electron chi connectivity index (χ1n) is 12.8. The van der Waals surface area contributed by atoms with E-state index < -0.39 is 0 Å². The maximum atomic E-state index is 11.8. The van der Waals surface area contributed by atoms with Gasteiger partial charge in [-0.25, -0.2) is 0 Å². The average molecular weight is 423 g/mol. The van der Waals surface area contributed by atoms with Crippen molar-refractivity contribution in [2.24, 2.45) is 0 Å². The van der Waals surface area contributed by atoms with Gasteiger partial charge in [0.2, 0.25) is 0 Å². The summed E-state index contributed by atoms with van der Waals surface area (Å²) in [6.07, 6.45) is 39.6. The third-order valence-electron chi connectivity index (χ3n) is 6.17. The molecule has 31 heavy (non-hydrogen) atoms. The van der Waals surface area contributed by atoms with E-state index in [1.165, 1.54) is 101 Å². The standard InChI is InChI=1S/C29H43NO/c1-2-3-4-5-6-7-8-9-10-11-12-13-14-17-24-30-25-22-27(23-26-30)20-21-28-18-15-16-19-29(28)31/h15-16,18-23,25-26H,2-14,17,24H2,1H3/p+1. The molecular formula is C29H44NO+. The van der Waals surface area contributed by atoms with Gasteiger partial charge in [0.25, 0.3) is 0 Å². The number of nitrogens with one attached hydrogen (secondary N) is 1. The second-order valence-corrected chi connectivity index (χ2v) is 8.96. The van der Waals surface area contributed by atoms with E-state index in [-0.39, 0.29) is 5.78 Å². The number of ketones is 1. The molecule has 0 radical (unpaired) electrons. The van der Waals surface area contributed by atoms with Crippen LogP contribution < -0.4 is 4.90 Å². The molecule has 2 nitrogen and oxygen atoms in total. The molecule has 0 aromatic carbocycles. The molecule has 0 unspecified atom stereocenters. The summed E-state index contributed by atoms with van der Waals surface area (Å²) in [5.41, 5.74) is 1.89. The fraction of sp³-hybridized carbons (Fsp3) is 0.552. The Morgan fingerprint density at radius 2 is 1.16 bits per heavy atom. The minimum atomic E-state index is 0.0770. The van der Waals surface area contributed by atoms with E-state index in [2.05, 4.69) is 31.5 Å². The van der Waals surface area contributed by atoms with E-state index >= 15 is 0 Å². The number of allylic oxidation sites excluding steroid dienone is 10. The number of quaternary nitrogens is 1. The van der Waals surface area contributed by atoms with Crippen LogP contribution in [0.3, 0.4) is 0 Å². The number of hydrogen-bond donors (Lipinski definition) is 1. The van der Waals surface area contributed by atoms with Crippen LogP contribution in [0.15, 0.2) is 72.2 Å². The van der Waals surface area contributed by atoms with Crippen molar-refractivity contribution in [1.82, 2.24) is 0 Å². The third kappa shape index (κ3) is 11.9. The van der Waals surface area contributed by atoms with Crippen LogP contribution in [0.5, 0.6) is 0 Å². The molecule has 0 amide bonds. The molecule has 1 aliphatic heterocycles. The maximum absolute atomic E-state index is 11.8. The van der Waals surface area contributed by atoms with Gasteiger partial charge in [0, 0.05) is 5.57 Å². The highest BCUT2D eigenvalue weighted by Gasteiger charge is 2.07. The van der Waals surface area contributed by atoms with Crippen molar-refractivity contribution in [3.8, 4) is 0 Å². The van der Waals surface area contributed by atoms with E-state index in [0.29, 0.717) is 0 Å². The summed E-state index contributed by atoms with van der Waals surface area (Å²) in [7, 11) is 0. The number of hydrogen-bond acceptors (Lipinski definition) is 1. The van der Waals surface area contributed by atoms with E-state index in [0.717, 1.165) is 11.1 Å². The van der Waals surface area contributed by atoms with Gasteiger partial charge in [0.1, 0.15) is 0 Å². The van der Waals surface area contributed by atoms with Gasteiger partial charge in [-0.3, -0.25) is 9.69 Å². The molecule has 0 saturated heterocycles. The highest BCUT2D eigenvalue weighted by atomic mass is 16.1. The molecule has 2 rings (SSSR count). The Morgan fingerprint density at radius 3 is 1.71 bits per heavy atom. The molecule has 0 aromatic rings. The summed E-state index contributed by atoms with van der Waals surface area (Å²) < 4.78 is 0. The lowest BCUT2D eigenvalue weighted by Crippen LogP contribution is -3.03. The van der Waals surface area contributed by atoms with Crippen LogP contribution in [0.2, 0.25) is 0 Å². The number of carbonyl (C=O) groups is 1. The molecule has 1 heterocycles. The Hall–Kier alpha value is -1.93. The molecule has 0 aromatic heterocycles. The van der Waals surface area contributed by atoms with Crippen molar-refractivity contribution < 1.29 is 9.69 Å². The normalized spacial score (nSPS) is 19.0. The van der Waals surface area contributed by atoms with Crippen molar-refractivity contribution in [3.05, 3.63) is 72.2 Å². The first kappa shape index (κ1) is 25.3. The average Bonchev–Trinajstić information content (AvgIpc) is 2.79. The van der Waals surface area contributed by atoms with Gasteiger partial charge in [0.05, 0.1) is 18.9 Å². The lowest BCUT2D eigenvalue weighted by Gasteiger charge is -2.12. The van der Waals surface area contributed by atoms with E-state index in [9.17, 15) is 4.79 Å². The first-order valence-corrected chi connectivity index (χ1v) is 12.8. The molecular weight excluding hydrogens is 378 g/mol. The smallest absolute Gasteiger partial charge is 0.185 e. The number of rotatable bonds is 16. The molecule has 2 heteroatoms. The predicted octanol–water partition coefficient (Wildman–Crippen LogP) is 6.94. The largest absolute Gasteiger partial charge is 0.289 e. The second kappa shape index (κ2) is 16.7. The summed E-state index contributed by atoms with van der Waals surface area (Å²) >= 11 is 0. The van der Waals surface area contributed by atoms with Crippen LogP contribution in [0.1, 0.15) is 96.8 Å². The van der Waals surface area contributed by atoms with Gasteiger partial charge >= 0.3 is 0 Å². The molecule has 1 N–H and O–H groups in total. The molecule has 0 spiro atoms. The number of carbonyl (C=O) groups excluding carboxylic acids is 1. The summed E-state index contributed by atoms with van der Waals surface area (Å²) in [5.74, 6) is 0.0770. The predicted molar refractivity (Wildman–Crippen MR) is 134 cm³/mol. The van der Waals surface area contributed by atoms with Gasteiger partial charge in [-0.15, -0.1) is 0 Å². The van der Waals surface area contributed by atoms with Crippen molar-refractivity contribution in [2.45, 2.75) is 96.8 Å². The molecule has 0 fully saturated rings. The Labute approximate surface area is 191 Å². The van der Waals surface area contributed by atoms with Gasteiger partial charge in [-0.2, -0.15) is 0 Å². The Kier molecular flexibility index (Phi) is 13.7. The number of unbranched alkanes of at least 4 members (excludes halogenated alkanes) is 13. The fourth-order valence-electron chi connectivity index (χ4n) is 4.12. The van der Waals surface area contributed by atoms with Crippen LogP contribution in [-0.2, 0) is 4.79 Å². The van der Waals surface area contributed by atoms with Gasteiger partial charge in [-0.05, 0) is 36.6 Å². The van der Waals surface area contributed by atoms with Crippen molar-refractivity contribution >= 4 is 5.78 Å². The Bertz CT molecular complexity index is 674. The highest BCUT2D eigenvalue weighted by molar-refractivity contribution is 6.07. The summed E-state index contributed by atoms with van der Waals surface area (Å²) in [4.78, 5) is 13.2.